The lowest BCUT2D eigenvalue weighted by Crippen LogP contribution is -2.58. The number of hydrogen-bond acceptors (Lipinski definition) is 8. The van der Waals surface area contributed by atoms with Crippen molar-refractivity contribution in [1.82, 2.24) is 14.9 Å². The quantitative estimate of drug-likeness (QED) is 0.473. The van der Waals surface area contributed by atoms with E-state index < -0.39 is 30.8 Å². The van der Waals surface area contributed by atoms with Crippen molar-refractivity contribution in [2.24, 2.45) is 7.05 Å². The Balaban J connectivity index is 1.37. The summed E-state index contributed by atoms with van der Waals surface area (Å²) in [4.78, 5) is 30.2. The number of sulfone groups is 1. The topological polar surface area (TPSA) is 140 Å². The Bertz CT molecular complexity index is 1600. The number of nitrogens with zero attached hydrogens (tertiary/aromatic N) is 3. The van der Waals surface area contributed by atoms with E-state index in [9.17, 15) is 18.0 Å². The first kappa shape index (κ1) is 24.9. The van der Waals surface area contributed by atoms with Crippen molar-refractivity contribution in [3.05, 3.63) is 69.6 Å². The largest absolute Gasteiger partial charge is 0.490 e. The number of nitrogens with one attached hydrogen (secondary N) is 1. The molecular weight excluding hydrogens is 496 g/mol. The molecule has 0 radical (unpaired) electrons. The highest BCUT2D eigenvalue weighted by Crippen LogP contribution is 2.50. The molecule has 0 unspecified atom stereocenters. The van der Waals surface area contributed by atoms with Crippen LogP contribution in [-0.4, -0.2) is 53.2 Å². The summed E-state index contributed by atoms with van der Waals surface area (Å²) in [5, 5.41) is 11.6. The second kappa shape index (κ2) is 8.97. The van der Waals surface area contributed by atoms with Crippen LogP contribution in [0.5, 0.6) is 5.75 Å². The molecule has 1 aromatic carbocycles. The Morgan fingerprint density at radius 3 is 2.54 bits per heavy atom. The number of nitriles is 1. The first-order chi connectivity index (χ1) is 17.6. The number of ether oxygens (including phenoxy) is 2. The fourth-order valence-corrected chi connectivity index (χ4v) is 6.91. The summed E-state index contributed by atoms with van der Waals surface area (Å²) in [6.07, 6.45) is 2.52. The molecule has 1 saturated heterocycles. The minimum absolute atomic E-state index is 0.0367. The van der Waals surface area contributed by atoms with E-state index in [1.807, 2.05) is 6.07 Å². The molecule has 192 valence electrons. The van der Waals surface area contributed by atoms with Gasteiger partial charge >= 0.3 is 0 Å². The van der Waals surface area contributed by atoms with Gasteiger partial charge in [0, 0.05) is 25.9 Å². The van der Waals surface area contributed by atoms with Crippen LogP contribution >= 0.6 is 0 Å². The molecule has 1 amide bonds. The SMILES string of the molecule is Cn1c(=O)c(C(=O)NCc2ccc(C#N)cc2)cc2nccc(OCC3(S(=O)(=O)C4(C)COC4)CC3)c21. The standard InChI is InChI=1S/C26H26N4O6S/c1-25(14-35-15-25)37(33,34)26(8-9-26)16-36-21-7-10-28-20-11-19(24(32)30(2)22(20)21)23(31)29-13-18-5-3-17(12-27)4-6-18/h3-7,10-11H,8-9,13-16H2,1-2H3,(H,29,31). The van der Waals surface area contributed by atoms with Crippen molar-refractivity contribution in [3.63, 3.8) is 0 Å². The van der Waals surface area contributed by atoms with Crippen LogP contribution in [0.2, 0.25) is 0 Å². The number of carbonyl (C=O) groups excluding carboxylic acids is 1. The van der Waals surface area contributed by atoms with Crippen LogP contribution in [0, 0.1) is 11.3 Å². The van der Waals surface area contributed by atoms with Crippen LogP contribution in [0.4, 0.5) is 0 Å². The molecule has 3 heterocycles. The lowest BCUT2D eigenvalue weighted by atomic mass is 10.1. The van der Waals surface area contributed by atoms with Gasteiger partial charge in [-0.25, -0.2) is 8.42 Å². The van der Waals surface area contributed by atoms with E-state index in [1.54, 1.807) is 37.3 Å². The number of aryl methyl sites for hydroxylation is 1. The van der Waals surface area contributed by atoms with Crippen LogP contribution in [0.3, 0.4) is 0 Å². The molecule has 11 heteroatoms. The van der Waals surface area contributed by atoms with Gasteiger partial charge in [-0.05, 0) is 43.5 Å². The van der Waals surface area contributed by atoms with Crippen LogP contribution in [0.15, 0.2) is 47.4 Å². The number of aromatic nitrogens is 2. The van der Waals surface area contributed by atoms with Crippen molar-refractivity contribution in [2.75, 3.05) is 19.8 Å². The smallest absolute Gasteiger partial charge is 0.263 e. The summed E-state index contributed by atoms with van der Waals surface area (Å²) >= 11 is 0. The van der Waals surface area contributed by atoms with E-state index in [2.05, 4.69) is 10.3 Å². The first-order valence-corrected chi connectivity index (χ1v) is 13.3. The van der Waals surface area contributed by atoms with Crippen LogP contribution in [0.1, 0.15) is 41.3 Å². The molecule has 1 aliphatic heterocycles. The molecule has 0 bridgehead atoms. The second-order valence-corrected chi connectivity index (χ2v) is 12.7. The Labute approximate surface area is 213 Å². The fourth-order valence-electron chi connectivity index (χ4n) is 4.54. The highest BCUT2D eigenvalue weighted by molar-refractivity contribution is 7.94. The van der Waals surface area contributed by atoms with E-state index in [4.69, 9.17) is 14.7 Å². The maximum absolute atomic E-state index is 13.3. The zero-order valence-corrected chi connectivity index (χ0v) is 21.3. The number of benzene rings is 1. The van der Waals surface area contributed by atoms with Gasteiger partial charge in [0.1, 0.15) is 32.9 Å². The van der Waals surface area contributed by atoms with Gasteiger partial charge in [0.25, 0.3) is 11.5 Å². The highest BCUT2D eigenvalue weighted by atomic mass is 32.2. The van der Waals surface area contributed by atoms with Crippen LogP contribution < -0.4 is 15.6 Å². The van der Waals surface area contributed by atoms with Crippen molar-refractivity contribution >= 4 is 26.8 Å². The molecule has 2 fully saturated rings. The Morgan fingerprint density at radius 1 is 1.24 bits per heavy atom. The van der Waals surface area contributed by atoms with Crippen LogP contribution in [-0.2, 0) is 28.2 Å². The summed E-state index contributed by atoms with van der Waals surface area (Å²) in [6, 6.07) is 11.8. The maximum Gasteiger partial charge on any atom is 0.263 e. The molecule has 0 atom stereocenters. The number of fused-ring (bicyclic) bond motifs is 1. The summed E-state index contributed by atoms with van der Waals surface area (Å²) in [5.74, 6) is -0.232. The minimum atomic E-state index is -3.49. The molecule has 37 heavy (non-hydrogen) atoms. The molecule has 3 aromatic rings. The fraction of sp³-hybridized carbons (Fsp3) is 0.385. The third-order valence-electron chi connectivity index (χ3n) is 7.18. The third kappa shape index (κ3) is 4.16. The zero-order chi connectivity index (χ0) is 26.4. The second-order valence-electron chi connectivity index (χ2n) is 9.87. The Morgan fingerprint density at radius 2 is 1.95 bits per heavy atom. The average Bonchev–Trinajstić information content (AvgIpc) is 3.68. The summed E-state index contributed by atoms with van der Waals surface area (Å²) < 4.78 is 37.1. The van der Waals surface area contributed by atoms with Gasteiger partial charge in [0.15, 0.2) is 9.84 Å². The predicted molar refractivity (Wildman–Crippen MR) is 135 cm³/mol. The van der Waals surface area contributed by atoms with E-state index in [-0.39, 0.29) is 31.9 Å². The van der Waals surface area contributed by atoms with E-state index in [0.717, 1.165) is 5.56 Å². The average molecular weight is 523 g/mol. The summed E-state index contributed by atoms with van der Waals surface area (Å²) in [7, 11) is -1.97. The monoisotopic (exact) mass is 522 g/mol. The first-order valence-electron chi connectivity index (χ1n) is 11.8. The maximum atomic E-state index is 13.3. The number of rotatable bonds is 8. The number of amides is 1. The molecule has 10 nitrogen and oxygen atoms in total. The van der Waals surface area contributed by atoms with Gasteiger partial charge in [-0.1, -0.05) is 12.1 Å². The molecule has 1 saturated carbocycles. The van der Waals surface area contributed by atoms with Gasteiger partial charge in [-0.15, -0.1) is 0 Å². The van der Waals surface area contributed by atoms with Crippen molar-refractivity contribution < 1.29 is 22.7 Å². The predicted octanol–water partition coefficient (Wildman–Crippen LogP) is 1.85. The summed E-state index contributed by atoms with van der Waals surface area (Å²) in [6.45, 7) is 2.21. The van der Waals surface area contributed by atoms with Gasteiger partial charge in [0.05, 0.1) is 30.4 Å². The van der Waals surface area contributed by atoms with Crippen molar-refractivity contribution in [2.45, 2.75) is 35.8 Å². The van der Waals surface area contributed by atoms with E-state index in [1.165, 1.54) is 23.9 Å². The highest BCUT2D eigenvalue weighted by Gasteiger charge is 2.64. The molecule has 1 N–H and O–H groups in total. The van der Waals surface area contributed by atoms with E-state index >= 15 is 0 Å². The number of hydrogen-bond donors (Lipinski definition) is 1. The van der Waals surface area contributed by atoms with Crippen LogP contribution in [0.25, 0.3) is 11.0 Å². The van der Waals surface area contributed by atoms with Gasteiger partial charge < -0.3 is 19.4 Å². The van der Waals surface area contributed by atoms with Gasteiger partial charge in [-0.3, -0.25) is 14.6 Å². The molecule has 2 aliphatic rings. The Kier molecular flexibility index (Phi) is 6.04. The van der Waals surface area contributed by atoms with Crippen molar-refractivity contribution in [3.8, 4) is 11.8 Å². The summed E-state index contributed by atoms with van der Waals surface area (Å²) in [5.41, 5.74) is 1.44. The normalized spacial score (nSPS) is 17.4. The lowest BCUT2D eigenvalue weighted by Gasteiger charge is -2.40. The molecule has 2 aromatic heterocycles. The number of carbonyl (C=O) groups is 1. The van der Waals surface area contributed by atoms with Gasteiger partial charge in [-0.2, -0.15) is 5.26 Å². The zero-order valence-electron chi connectivity index (χ0n) is 20.5. The number of pyridine rings is 2. The molecule has 1 aliphatic carbocycles. The molecule has 0 spiro atoms. The Hall–Kier alpha value is -3.75. The van der Waals surface area contributed by atoms with Gasteiger partial charge in [0.2, 0.25) is 0 Å². The van der Waals surface area contributed by atoms with E-state index in [0.29, 0.717) is 35.2 Å². The van der Waals surface area contributed by atoms with Crippen molar-refractivity contribution in [1.29, 1.82) is 5.26 Å². The lowest BCUT2D eigenvalue weighted by molar-refractivity contribution is -0.00575. The minimum Gasteiger partial charge on any atom is -0.490 e. The molecular formula is C26H26N4O6S. The third-order valence-corrected chi connectivity index (χ3v) is 10.4. The molecule has 5 rings (SSSR count).